The second kappa shape index (κ2) is 20.6. The van der Waals surface area contributed by atoms with Gasteiger partial charge in [0.25, 0.3) is 0 Å². The number of rotatable bonds is 22. The van der Waals surface area contributed by atoms with Crippen molar-refractivity contribution in [2.75, 3.05) is 26.2 Å². The maximum Gasteiger partial charge on any atom is 0.411 e. The zero-order valence-corrected chi connectivity index (χ0v) is 32.6. The Kier molecular flexibility index (Phi) is 15.7. The van der Waals surface area contributed by atoms with E-state index in [9.17, 15) is 23.1 Å². The van der Waals surface area contributed by atoms with Gasteiger partial charge in [0.05, 0.1) is 23.6 Å². The lowest BCUT2D eigenvalue weighted by Crippen LogP contribution is -2.49. The Hall–Kier alpha value is -4.03. The maximum atomic E-state index is 14.2. The summed E-state index contributed by atoms with van der Waals surface area (Å²) >= 11 is 0. The van der Waals surface area contributed by atoms with E-state index in [0.717, 1.165) is 42.4 Å². The van der Waals surface area contributed by atoms with Gasteiger partial charge in [0.15, 0.2) is 6.10 Å². The molecular weight excluding hydrogens is 703 g/mol. The lowest BCUT2D eigenvalue weighted by atomic mass is 9.93. The van der Waals surface area contributed by atoms with Crippen molar-refractivity contribution in [1.29, 1.82) is 0 Å². The van der Waals surface area contributed by atoms with Crippen LogP contribution >= 0.6 is 0 Å². The van der Waals surface area contributed by atoms with Crippen LogP contribution in [0.4, 0.5) is 4.79 Å². The molecule has 2 heterocycles. The Morgan fingerprint density at radius 2 is 1.57 bits per heavy atom. The smallest absolute Gasteiger partial charge is 0.411 e. The highest BCUT2D eigenvalue weighted by Gasteiger charge is 2.49. The molecule has 2 amide bonds. The van der Waals surface area contributed by atoms with E-state index in [1.165, 1.54) is 4.31 Å². The van der Waals surface area contributed by atoms with Gasteiger partial charge >= 0.3 is 6.09 Å². The van der Waals surface area contributed by atoms with Crippen molar-refractivity contribution in [2.45, 2.75) is 114 Å². The van der Waals surface area contributed by atoms with Crippen molar-refractivity contribution in [2.24, 2.45) is 0 Å². The van der Waals surface area contributed by atoms with Gasteiger partial charge in [0.1, 0.15) is 0 Å². The van der Waals surface area contributed by atoms with Gasteiger partial charge in [-0.25, -0.2) is 13.2 Å². The van der Waals surface area contributed by atoms with Crippen molar-refractivity contribution in [1.82, 2.24) is 14.1 Å². The van der Waals surface area contributed by atoms with Gasteiger partial charge in [0.2, 0.25) is 15.9 Å². The number of carbonyl (C=O) groups excluding carboxylic acids is 2. The maximum absolute atomic E-state index is 14.2. The van der Waals surface area contributed by atoms with Crippen molar-refractivity contribution < 1.29 is 32.6 Å². The minimum atomic E-state index is -3.75. The zero-order valence-electron chi connectivity index (χ0n) is 31.8. The SMILES string of the molecule is CCCCC[C@H](OCc1ccccc1)[C@@H]1OC(=O)N2[C@@H](CC(=O)N(CCCCN(CCCO)S(=O)(=O)c3ccc(C)cc3)Cc3ccccc3)CC=C[C@H]12. The minimum absolute atomic E-state index is 0.0709. The van der Waals surface area contributed by atoms with Crippen molar-refractivity contribution in [3.8, 4) is 0 Å². The number of benzene rings is 3. The first-order valence-corrected chi connectivity index (χ1v) is 21.0. The molecule has 0 aromatic heterocycles. The lowest BCUT2D eigenvalue weighted by Gasteiger charge is -2.35. The molecule has 0 bridgehead atoms. The molecule has 0 saturated carbocycles. The number of hydrogen-bond acceptors (Lipinski definition) is 7. The van der Waals surface area contributed by atoms with Crippen LogP contribution in [0.25, 0.3) is 0 Å². The Labute approximate surface area is 321 Å². The molecule has 5 rings (SSSR count). The number of unbranched alkanes of at least 4 members (excludes halogenated alkanes) is 3. The first kappa shape index (κ1) is 41.1. The van der Waals surface area contributed by atoms with Crippen LogP contribution in [-0.2, 0) is 37.4 Å². The number of ether oxygens (including phenoxy) is 2. The van der Waals surface area contributed by atoms with Crippen LogP contribution in [0.2, 0.25) is 0 Å². The van der Waals surface area contributed by atoms with E-state index in [0.29, 0.717) is 45.4 Å². The molecule has 292 valence electrons. The first-order chi connectivity index (χ1) is 26.2. The Morgan fingerprint density at radius 3 is 2.26 bits per heavy atom. The third kappa shape index (κ3) is 11.3. The fraction of sp³-hybridized carbons (Fsp3) is 0.488. The van der Waals surface area contributed by atoms with Gasteiger partial charge in [0, 0.05) is 45.2 Å². The summed E-state index contributed by atoms with van der Waals surface area (Å²) in [4.78, 5) is 31.5. The second-order valence-corrected chi connectivity index (χ2v) is 16.3. The van der Waals surface area contributed by atoms with E-state index in [2.05, 4.69) is 13.0 Å². The summed E-state index contributed by atoms with van der Waals surface area (Å²) in [5.74, 6) is -0.0709. The molecule has 0 radical (unpaired) electrons. The van der Waals surface area contributed by atoms with E-state index in [1.54, 1.807) is 29.2 Å². The first-order valence-electron chi connectivity index (χ1n) is 19.5. The van der Waals surface area contributed by atoms with Crippen LogP contribution in [-0.4, -0.2) is 90.2 Å². The largest absolute Gasteiger partial charge is 0.441 e. The standard InChI is InChI=1S/C43H57N3O7S/c1-3-4-7-22-40(52-33-36-18-10-6-11-19-36)42-39-21-14-20-37(46(39)43(49)53-42)31-41(48)44(32-35-16-8-5-9-17-35)27-12-13-28-45(29-15-30-47)54(50,51)38-25-23-34(2)24-26-38/h5-6,8-11,14,16-19,21,23-26,37,39-40,42,47H,3-4,7,12-13,15,20,22,27-33H2,1-2H3/t37-,39-,40+,42-/m1/s1. The van der Waals surface area contributed by atoms with Crippen LogP contribution in [0, 0.1) is 6.92 Å². The quantitative estimate of drug-likeness (QED) is 0.0848. The number of fused-ring (bicyclic) bond motifs is 1. The van der Waals surface area contributed by atoms with E-state index in [1.807, 2.05) is 78.6 Å². The third-order valence-corrected chi connectivity index (χ3v) is 12.2. The lowest BCUT2D eigenvalue weighted by molar-refractivity contribution is -0.133. The molecule has 0 spiro atoms. The number of cyclic esters (lactones) is 1. The van der Waals surface area contributed by atoms with Gasteiger partial charge in [-0.3, -0.25) is 9.69 Å². The summed E-state index contributed by atoms with van der Waals surface area (Å²) in [6.07, 6.45) is 8.94. The molecule has 3 aromatic carbocycles. The average Bonchev–Trinajstić information content (AvgIpc) is 3.52. The Balaban J connectivity index is 1.25. The Morgan fingerprint density at radius 1 is 0.907 bits per heavy atom. The number of sulfonamides is 1. The molecule has 0 aliphatic carbocycles. The topological polar surface area (TPSA) is 117 Å². The van der Waals surface area contributed by atoms with Crippen LogP contribution in [0.5, 0.6) is 0 Å². The molecule has 1 N–H and O–H groups in total. The monoisotopic (exact) mass is 759 g/mol. The molecule has 1 saturated heterocycles. The van der Waals surface area contributed by atoms with Gasteiger partial charge < -0.3 is 19.5 Å². The Bertz CT molecular complexity index is 1740. The van der Waals surface area contributed by atoms with Crippen molar-refractivity contribution in [3.05, 3.63) is 114 Å². The van der Waals surface area contributed by atoms with Crippen molar-refractivity contribution >= 4 is 22.0 Å². The van der Waals surface area contributed by atoms with E-state index in [4.69, 9.17) is 9.47 Å². The number of aryl methyl sites for hydroxylation is 1. The highest BCUT2D eigenvalue weighted by molar-refractivity contribution is 7.89. The predicted molar refractivity (Wildman–Crippen MR) is 210 cm³/mol. The number of aliphatic hydroxyl groups excluding tert-OH is 1. The third-order valence-electron chi connectivity index (χ3n) is 10.3. The molecular formula is C43H57N3O7S. The van der Waals surface area contributed by atoms with E-state index < -0.39 is 22.2 Å². The van der Waals surface area contributed by atoms with Crippen LogP contribution < -0.4 is 0 Å². The van der Waals surface area contributed by atoms with E-state index in [-0.39, 0.29) is 55.1 Å². The van der Waals surface area contributed by atoms with Crippen molar-refractivity contribution in [3.63, 3.8) is 0 Å². The summed E-state index contributed by atoms with van der Waals surface area (Å²) in [5.41, 5.74) is 3.02. The summed E-state index contributed by atoms with van der Waals surface area (Å²) < 4.78 is 41.0. The molecule has 4 atom stereocenters. The number of amides is 2. The molecule has 3 aromatic rings. The second-order valence-electron chi connectivity index (χ2n) is 14.4. The normalized spacial score (nSPS) is 18.8. The minimum Gasteiger partial charge on any atom is -0.441 e. The summed E-state index contributed by atoms with van der Waals surface area (Å²) in [6.45, 7) is 5.70. The van der Waals surface area contributed by atoms with Crippen LogP contribution in [0.1, 0.15) is 81.4 Å². The zero-order chi connectivity index (χ0) is 38.3. The molecule has 1 fully saturated rings. The summed E-state index contributed by atoms with van der Waals surface area (Å²) in [6, 6.07) is 25.9. The fourth-order valence-corrected chi connectivity index (χ4v) is 8.80. The summed E-state index contributed by atoms with van der Waals surface area (Å²) in [5, 5.41) is 9.49. The molecule has 0 unspecified atom stereocenters. The fourth-order valence-electron chi connectivity index (χ4n) is 7.28. The number of nitrogens with zero attached hydrogens (tertiary/aromatic N) is 3. The number of hydrogen-bond donors (Lipinski definition) is 1. The highest BCUT2D eigenvalue weighted by atomic mass is 32.2. The van der Waals surface area contributed by atoms with E-state index >= 15 is 0 Å². The number of aliphatic hydroxyl groups is 1. The highest BCUT2D eigenvalue weighted by Crippen LogP contribution is 2.34. The van der Waals surface area contributed by atoms with Crippen LogP contribution in [0.15, 0.2) is 102 Å². The summed E-state index contributed by atoms with van der Waals surface area (Å²) in [7, 11) is -3.75. The van der Waals surface area contributed by atoms with Gasteiger partial charge in [-0.05, 0) is 62.3 Å². The molecule has 2 aliphatic rings. The van der Waals surface area contributed by atoms with Gasteiger partial charge in [-0.1, -0.05) is 117 Å². The molecule has 11 heteroatoms. The van der Waals surface area contributed by atoms with Crippen LogP contribution in [0.3, 0.4) is 0 Å². The van der Waals surface area contributed by atoms with Gasteiger partial charge in [-0.15, -0.1) is 0 Å². The molecule has 54 heavy (non-hydrogen) atoms. The predicted octanol–water partition coefficient (Wildman–Crippen LogP) is 7.25. The molecule has 2 aliphatic heterocycles. The number of carbonyl (C=O) groups is 2. The average molecular weight is 760 g/mol. The molecule has 10 nitrogen and oxygen atoms in total. The van der Waals surface area contributed by atoms with Gasteiger partial charge in [-0.2, -0.15) is 4.31 Å².